The summed E-state index contributed by atoms with van der Waals surface area (Å²) >= 11 is 0. The van der Waals surface area contributed by atoms with E-state index in [1.54, 1.807) is 6.07 Å². The number of rotatable bonds is 10. The summed E-state index contributed by atoms with van der Waals surface area (Å²) in [4.78, 5) is 2.47. The molecule has 0 saturated heterocycles. The molecule has 7 heteroatoms. The number of sulfonamides is 1. The van der Waals surface area contributed by atoms with E-state index in [1.807, 2.05) is 24.3 Å². The molecule has 0 atom stereocenters. The summed E-state index contributed by atoms with van der Waals surface area (Å²) in [5.74, 6) is 0.862. The summed E-state index contributed by atoms with van der Waals surface area (Å²) in [5.41, 5.74) is 2.12. The molecule has 6 nitrogen and oxygen atoms in total. The van der Waals surface area contributed by atoms with Crippen molar-refractivity contribution in [2.75, 3.05) is 27.3 Å². The maximum Gasteiger partial charge on any atom is 0.241 e. The monoisotopic (exact) mass is 392 g/mol. The second kappa shape index (κ2) is 9.73. The zero-order valence-corrected chi connectivity index (χ0v) is 17.2. The molecule has 0 saturated carbocycles. The normalized spacial score (nSPS) is 11.6. The van der Waals surface area contributed by atoms with Crippen LogP contribution in [0.25, 0.3) is 0 Å². The Morgan fingerprint density at radius 2 is 1.48 bits per heavy atom. The molecule has 0 bridgehead atoms. The summed E-state index contributed by atoms with van der Waals surface area (Å²) in [6, 6.07) is 12.5. The van der Waals surface area contributed by atoms with Crippen LogP contribution in [0.2, 0.25) is 0 Å². The highest BCUT2D eigenvalue weighted by atomic mass is 32.2. The SMILES string of the molecule is CCN(CC)Cc1ccc(CNS(=O)(=O)c2ccc(OC)c(OC)c2)cc1. The van der Waals surface area contributed by atoms with E-state index in [1.165, 1.54) is 31.9 Å². The van der Waals surface area contributed by atoms with Gasteiger partial charge in [0.25, 0.3) is 0 Å². The molecule has 1 N–H and O–H groups in total. The quantitative estimate of drug-likeness (QED) is 0.673. The minimum Gasteiger partial charge on any atom is -0.493 e. The summed E-state index contributed by atoms with van der Waals surface area (Å²) in [7, 11) is -0.665. The molecule has 0 aromatic heterocycles. The van der Waals surface area contributed by atoms with Crippen molar-refractivity contribution < 1.29 is 17.9 Å². The molecule has 0 amide bonds. The highest BCUT2D eigenvalue weighted by Crippen LogP contribution is 2.29. The van der Waals surface area contributed by atoms with Gasteiger partial charge < -0.3 is 9.47 Å². The molecule has 0 radical (unpaired) electrons. The Hall–Kier alpha value is -2.09. The predicted molar refractivity (Wildman–Crippen MR) is 107 cm³/mol. The number of nitrogens with one attached hydrogen (secondary N) is 1. The molecule has 27 heavy (non-hydrogen) atoms. The van der Waals surface area contributed by atoms with Crippen LogP contribution < -0.4 is 14.2 Å². The third kappa shape index (κ3) is 5.69. The van der Waals surface area contributed by atoms with Crippen LogP contribution >= 0.6 is 0 Å². The van der Waals surface area contributed by atoms with Gasteiger partial charge >= 0.3 is 0 Å². The van der Waals surface area contributed by atoms with Gasteiger partial charge in [-0.25, -0.2) is 13.1 Å². The molecule has 0 unspecified atom stereocenters. The second-order valence-corrected chi connectivity index (χ2v) is 7.89. The van der Waals surface area contributed by atoms with Crippen LogP contribution in [-0.4, -0.2) is 40.6 Å². The third-order valence-corrected chi connectivity index (χ3v) is 5.85. The zero-order chi connectivity index (χ0) is 19.9. The van der Waals surface area contributed by atoms with Gasteiger partial charge in [0.05, 0.1) is 19.1 Å². The van der Waals surface area contributed by atoms with Crippen LogP contribution in [0.3, 0.4) is 0 Å². The van der Waals surface area contributed by atoms with Crippen molar-refractivity contribution in [1.29, 1.82) is 0 Å². The molecule has 0 spiro atoms. The lowest BCUT2D eigenvalue weighted by molar-refractivity contribution is 0.296. The van der Waals surface area contributed by atoms with E-state index in [2.05, 4.69) is 23.5 Å². The molecule has 148 valence electrons. The van der Waals surface area contributed by atoms with Gasteiger partial charge in [0.15, 0.2) is 11.5 Å². The van der Waals surface area contributed by atoms with E-state index >= 15 is 0 Å². The molecule has 0 aliphatic heterocycles. The van der Waals surface area contributed by atoms with Gasteiger partial charge in [0.2, 0.25) is 10.0 Å². The number of hydrogen-bond acceptors (Lipinski definition) is 5. The Morgan fingerprint density at radius 1 is 0.889 bits per heavy atom. The minimum absolute atomic E-state index is 0.137. The van der Waals surface area contributed by atoms with Gasteiger partial charge in [-0.05, 0) is 36.3 Å². The molecule has 2 aromatic rings. The van der Waals surface area contributed by atoms with Crippen LogP contribution in [0.1, 0.15) is 25.0 Å². The molecule has 0 aliphatic carbocycles. The van der Waals surface area contributed by atoms with Crippen molar-refractivity contribution in [2.24, 2.45) is 0 Å². The number of ether oxygens (including phenoxy) is 2. The van der Waals surface area contributed by atoms with Crippen molar-refractivity contribution in [2.45, 2.75) is 31.8 Å². The first-order chi connectivity index (χ1) is 12.9. The van der Waals surface area contributed by atoms with Crippen LogP contribution in [0, 0.1) is 0 Å². The van der Waals surface area contributed by atoms with E-state index in [0.29, 0.717) is 11.5 Å². The van der Waals surface area contributed by atoms with E-state index in [4.69, 9.17) is 9.47 Å². The Morgan fingerprint density at radius 3 is 2.04 bits per heavy atom. The maximum atomic E-state index is 12.5. The van der Waals surface area contributed by atoms with Crippen molar-refractivity contribution in [3.8, 4) is 11.5 Å². The fraction of sp³-hybridized carbons (Fsp3) is 0.400. The summed E-state index contributed by atoms with van der Waals surface area (Å²) < 4.78 is 38.0. The number of hydrogen-bond donors (Lipinski definition) is 1. The lowest BCUT2D eigenvalue weighted by Crippen LogP contribution is -2.23. The lowest BCUT2D eigenvalue weighted by atomic mass is 10.1. The lowest BCUT2D eigenvalue weighted by Gasteiger charge is -2.18. The van der Waals surface area contributed by atoms with Crippen molar-refractivity contribution >= 4 is 10.0 Å². The Balaban J connectivity index is 2.04. The van der Waals surface area contributed by atoms with Gasteiger partial charge in [-0.15, -0.1) is 0 Å². The van der Waals surface area contributed by atoms with Gasteiger partial charge in [-0.3, -0.25) is 4.90 Å². The maximum absolute atomic E-state index is 12.5. The molecular weight excluding hydrogens is 364 g/mol. The van der Waals surface area contributed by atoms with E-state index in [9.17, 15) is 8.42 Å². The van der Waals surface area contributed by atoms with E-state index in [-0.39, 0.29) is 11.4 Å². The molecule has 0 heterocycles. The van der Waals surface area contributed by atoms with Gasteiger partial charge in [-0.2, -0.15) is 0 Å². The standard InChI is InChI=1S/C20H28N2O4S/c1-5-22(6-2)15-17-9-7-16(8-10-17)14-21-27(23,24)18-11-12-19(25-3)20(13-18)26-4/h7-13,21H,5-6,14-15H2,1-4H3. The van der Waals surface area contributed by atoms with Gasteiger partial charge in [-0.1, -0.05) is 38.1 Å². The first kappa shape index (κ1) is 21.2. The molecule has 2 rings (SSSR count). The van der Waals surface area contributed by atoms with Crippen LogP contribution in [0.15, 0.2) is 47.4 Å². The van der Waals surface area contributed by atoms with Crippen LogP contribution in [0.5, 0.6) is 11.5 Å². The topological polar surface area (TPSA) is 67.9 Å². The van der Waals surface area contributed by atoms with E-state index < -0.39 is 10.0 Å². The largest absolute Gasteiger partial charge is 0.493 e. The Kier molecular flexibility index (Phi) is 7.65. The second-order valence-electron chi connectivity index (χ2n) is 6.12. The summed E-state index contributed by atoms with van der Waals surface area (Å²) in [5, 5.41) is 0. The fourth-order valence-electron chi connectivity index (χ4n) is 2.71. The zero-order valence-electron chi connectivity index (χ0n) is 16.4. The molecular formula is C20H28N2O4S. The number of benzene rings is 2. The smallest absolute Gasteiger partial charge is 0.241 e. The average Bonchev–Trinajstić information content (AvgIpc) is 2.70. The van der Waals surface area contributed by atoms with Gasteiger partial charge in [0.1, 0.15) is 0 Å². The van der Waals surface area contributed by atoms with Crippen LogP contribution in [0.4, 0.5) is 0 Å². The number of nitrogens with zero attached hydrogens (tertiary/aromatic N) is 1. The molecule has 0 fully saturated rings. The average molecular weight is 393 g/mol. The first-order valence-corrected chi connectivity index (χ1v) is 10.4. The molecule has 0 aliphatic rings. The van der Waals surface area contributed by atoms with Crippen molar-refractivity contribution in [3.63, 3.8) is 0 Å². The van der Waals surface area contributed by atoms with E-state index in [0.717, 1.165) is 25.2 Å². The van der Waals surface area contributed by atoms with Gasteiger partial charge in [0, 0.05) is 19.2 Å². The Labute approximate surface area is 162 Å². The summed E-state index contributed by atoms with van der Waals surface area (Å²) in [6.07, 6.45) is 0. The van der Waals surface area contributed by atoms with Crippen LogP contribution in [-0.2, 0) is 23.1 Å². The molecule has 2 aromatic carbocycles. The highest BCUT2D eigenvalue weighted by Gasteiger charge is 2.16. The van der Waals surface area contributed by atoms with Crippen molar-refractivity contribution in [1.82, 2.24) is 9.62 Å². The Bertz CT molecular complexity index is 832. The fourth-order valence-corrected chi connectivity index (χ4v) is 3.75. The van der Waals surface area contributed by atoms with Crippen molar-refractivity contribution in [3.05, 3.63) is 53.6 Å². The minimum atomic E-state index is -3.65. The third-order valence-electron chi connectivity index (χ3n) is 4.46. The number of methoxy groups -OCH3 is 2. The predicted octanol–water partition coefficient (Wildman–Crippen LogP) is 3.02. The summed E-state index contributed by atoms with van der Waals surface area (Å²) in [6.45, 7) is 7.40. The highest BCUT2D eigenvalue weighted by molar-refractivity contribution is 7.89. The first-order valence-electron chi connectivity index (χ1n) is 8.95.